The van der Waals surface area contributed by atoms with E-state index in [9.17, 15) is 9.90 Å². The molecular formula is C13H16N4O2. The first-order valence-corrected chi connectivity index (χ1v) is 6.02. The molecule has 6 heteroatoms. The molecule has 2 aromatic rings. The Bertz CT molecular complexity index is 513. The second-order valence-corrected chi connectivity index (χ2v) is 4.21. The first-order chi connectivity index (χ1) is 9.22. The van der Waals surface area contributed by atoms with Gasteiger partial charge in [-0.25, -0.2) is 9.67 Å². The van der Waals surface area contributed by atoms with Crippen molar-refractivity contribution in [1.29, 1.82) is 0 Å². The molecular weight excluding hydrogens is 244 g/mol. The van der Waals surface area contributed by atoms with Crippen molar-refractivity contribution in [3.8, 4) is 0 Å². The number of hydrogen-bond donors (Lipinski definition) is 2. The minimum absolute atomic E-state index is 0.153. The first-order valence-electron chi connectivity index (χ1n) is 6.02. The number of amides is 1. The van der Waals surface area contributed by atoms with Gasteiger partial charge in [-0.05, 0) is 12.5 Å². The van der Waals surface area contributed by atoms with Crippen molar-refractivity contribution < 1.29 is 9.90 Å². The van der Waals surface area contributed by atoms with Crippen molar-refractivity contribution in [2.75, 3.05) is 6.61 Å². The van der Waals surface area contributed by atoms with E-state index in [4.69, 9.17) is 0 Å². The van der Waals surface area contributed by atoms with Gasteiger partial charge < -0.3 is 10.4 Å². The third-order valence-electron chi connectivity index (χ3n) is 2.91. The molecule has 0 fully saturated rings. The standard InChI is InChI=1S/C13H16N4O2/c1-10(17-9-14-8-15-17)13(19)16-12(7-18)11-5-3-2-4-6-11/h2-6,8-10,12,18H,7H2,1H3,(H,16,19)/t10?,12-/m0/s1. The van der Waals surface area contributed by atoms with E-state index in [1.54, 1.807) is 6.92 Å². The maximum absolute atomic E-state index is 12.1. The molecule has 1 unspecified atom stereocenters. The van der Waals surface area contributed by atoms with Crippen LogP contribution in [0.25, 0.3) is 0 Å². The maximum Gasteiger partial charge on any atom is 0.245 e. The maximum atomic E-state index is 12.1. The summed E-state index contributed by atoms with van der Waals surface area (Å²) >= 11 is 0. The average molecular weight is 260 g/mol. The van der Waals surface area contributed by atoms with E-state index in [1.807, 2.05) is 30.3 Å². The van der Waals surface area contributed by atoms with Gasteiger partial charge in [0.15, 0.2) is 0 Å². The van der Waals surface area contributed by atoms with Crippen LogP contribution in [-0.2, 0) is 4.79 Å². The van der Waals surface area contributed by atoms with Crippen molar-refractivity contribution in [3.63, 3.8) is 0 Å². The summed E-state index contributed by atoms with van der Waals surface area (Å²) in [5, 5.41) is 16.1. The second kappa shape index (κ2) is 6.10. The lowest BCUT2D eigenvalue weighted by Gasteiger charge is -2.19. The Morgan fingerprint density at radius 1 is 1.42 bits per heavy atom. The Labute approximate surface area is 111 Å². The fraction of sp³-hybridized carbons (Fsp3) is 0.308. The highest BCUT2D eigenvalue weighted by Crippen LogP contribution is 2.13. The third kappa shape index (κ3) is 3.17. The molecule has 1 aromatic heterocycles. The van der Waals surface area contributed by atoms with Crippen LogP contribution >= 0.6 is 0 Å². The number of carbonyl (C=O) groups excluding carboxylic acids is 1. The Morgan fingerprint density at radius 3 is 2.74 bits per heavy atom. The van der Waals surface area contributed by atoms with Crippen molar-refractivity contribution in [1.82, 2.24) is 20.1 Å². The summed E-state index contributed by atoms with van der Waals surface area (Å²) < 4.78 is 1.47. The normalized spacial score (nSPS) is 13.8. The summed E-state index contributed by atoms with van der Waals surface area (Å²) in [5.74, 6) is -0.214. The van der Waals surface area contributed by atoms with Crippen LogP contribution in [0.2, 0.25) is 0 Å². The molecule has 0 bridgehead atoms. The lowest BCUT2D eigenvalue weighted by Crippen LogP contribution is -2.35. The Balaban J connectivity index is 2.05. The van der Waals surface area contributed by atoms with E-state index in [2.05, 4.69) is 15.4 Å². The van der Waals surface area contributed by atoms with E-state index < -0.39 is 12.1 Å². The van der Waals surface area contributed by atoms with Gasteiger partial charge in [0, 0.05) is 0 Å². The Morgan fingerprint density at radius 2 is 2.16 bits per heavy atom. The van der Waals surface area contributed by atoms with Crippen LogP contribution < -0.4 is 5.32 Å². The fourth-order valence-corrected chi connectivity index (χ4v) is 1.75. The summed E-state index contributed by atoms with van der Waals surface area (Å²) in [6, 6.07) is 8.45. The molecule has 1 heterocycles. The van der Waals surface area contributed by atoms with Gasteiger partial charge in [-0.15, -0.1) is 0 Å². The van der Waals surface area contributed by atoms with E-state index in [1.165, 1.54) is 17.3 Å². The molecule has 1 aromatic carbocycles. The SMILES string of the molecule is CC(C(=O)N[C@@H](CO)c1ccccc1)n1cncn1. The molecule has 6 nitrogen and oxygen atoms in total. The number of benzene rings is 1. The van der Waals surface area contributed by atoms with Gasteiger partial charge >= 0.3 is 0 Å². The van der Waals surface area contributed by atoms with Gasteiger partial charge in [0.05, 0.1) is 12.6 Å². The van der Waals surface area contributed by atoms with Gasteiger partial charge in [-0.2, -0.15) is 5.10 Å². The summed E-state index contributed by atoms with van der Waals surface area (Å²) in [5.41, 5.74) is 0.865. The predicted molar refractivity (Wildman–Crippen MR) is 69.1 cm³/mol. The second-order valence-electron chi connectivity index (χ2n) is 4.21. The molecule has 0 spiro atoms. The number of aliphatic hydroxyl groups excluding tert-OH is 1. The number of aliphatic hydroxyl groups is 1. The predicted octanol–water partition coefficient (Wildman–Crippen LogP) is 0.689. The van der Waals surface area contributed by atoms with Crippen LogP contribution in [0.15, 0.2) is 43.0 Å². The number of rotatable bonds is 5. The Kier molecular flexibility index (Phi) is 4.25. The van der Waals surface area contributed by atoms with Gasteiger partial charge in [0.2, 0.25) is 5.91 Å². The van der Waals surface area contributed by atoms with Crippen LogP contribution in [-0.4, -0.2) is 32.4 Å². The quantitative estimate of drug-likeness (QED) is 0.829. The average Bonchev–Trinajstić information content (AvgIpc) is 2.98. The molecule has 2 atom stereocenters. The summed E-state index contributed by atoms with van der Waals surface area (Å²) in [6.45, 7) is 1.57. The van der Waals surface area contributed by atoms with Crippen LogP contribution in [0.1, 0.15) is 24.6 Å². The highest BCUT2D eigenvalue weighted by molar-refractivity contribution is 5.80. The number of hydrogen-bond acceptors (Lipinski definition) is 4. The van der Waals surface area contributed by atoms with Crippen molar-refractivity contribution >= 4 is 5.91 Å². The molecule has 1 amide bonds. The lowest BCUT2D eigenvalue weighted by atomic mass is 10.1. The molecule has 0 aliphatic rings. The molecule has 0 aliphatic carbocycles. The van der Waals surface area contributed by atoms with E-state index in [0.29, 0.717) is 0 Å². The zero-order valence-electron chi connectivity index (χ0n) is 10.6. The number of aromatic nitrogens is 3. The largest absolute Gasteiger partial charge is 0.394 e. The third-order valence-corrected chi connectivity index (χ3v) is 2.91. The van der Waals surface area contributed by atoms with E-state index >= 15 is 0 Å². The van der Waals surface area contributed by atoms with Crippen molar-refractivity contribution in [3.05, 3.63) is 48.5 Å². The molecule has 0 saturated carbocycles. The van der Waals surface area contributed by atoms with Crippen LogP contribution in [0.5, 0.6) is 0 Å². The van der Waals surface area contributed by atoms with Crippen molar-refractivity contribution in [2.24, 2.45) is 0 Å². The monoisotopic (exact) mass is 260 g/mol. The molecule has 19 heavy (non-hydrogen) atoms. The molecule has 100 valence electrons. The molecule has 0 radical (unpaired) electrons. The first kappa shape index (κ1) is 13.2. The Hall–Kier alpha value is -2.21. The summed E-state index contributed by atoms with van der Waals surface area (Å²) in [6.07, 6.45) is 2.87. The zero-order valence-corrected chi connectivity index (χ0v) is 10.6. The van der Waals surface area contributed by atoms with Gasteiger partial charge in [0.1, 0.15) is 18.7 Å². The molecule has 0 aliphatic heterocycles. The number of nitrogens with zero attached hydrogens (tertiary/aromatic N) is 3. The van der Waals surface area contributed by atoms with Crippen LogP contribution in [0.3, 0.4) is 0 Å². The van der Waals surface area contributed by atoms with Crippen LogP contribution in [0, 0.1) is 0 Å². The topological polar surface area (TPSA) is 80.0 Å². The highest BCUT2D eigenvalue weighted by atomic mass is 16.3. The molecule has 0 saturated heterocycles. The lowest BCUT2D eigenvalue weighted by molar-refractivity contribution is -0.125. The van der Waals surface area contributed by atoms with Gasteiger partial charge in [-0.3, -0.25) is 4.79 Å². The van der Waals surface area contributed by atoms with E-state index in [-0.39, 0.29) is 12.5 Å². The molecule has 2 rings (SSSR count). The van der Waals surface area contributed by atoms with Gasteiger partial charge in [0.25, 0.3) is 0 Å². The summed E-state index contributed by atoms with van der Waals surface area (Å²) in [7, 11) is 0. The number of nitrogens with one attached hydrogen (secondary N) is 1. The molecule has 2 N–H and O–H groups in total. The minimum atomic E-state index is -0.472. The van der Waals surface area contributed by atoms with Gasteiger partial charge in [-0.1, -0.05) is 30.3 Å². The fourth-order valence-electron chi connectivity index (χ4n) is 1.75. The van der Waals surface area contributed by atoms with Crippen molar-refractivity contribution in [2.45, 2.75) is 19.0 Å². The summed E-state index contributed by atoms with van der Waals surface area (Å²) in [4.78, 5) is 15.9. The number of carbonyl (C=O) groups is 1. The smallest absolute Gasteiger partial charge is 0.245 e. The zero-order chi connectivity index (χ0) is 13.7. The minimum Gasteiger partial charge on any atom is -0.394 e. The van der Waals surface area contributed by atoms with E-state index in [0.717, 1.165) is 5.56 Å². The van der Waals surface area contributed by atoms with Crippen LogP contribution in [0.4, 0.5) is 0 Å². The highest BCUT2D eigenvalue weighted by Gasteiger charge is 2.19.